The van der Waals surface area contributed by atoms with Gasteiger partial charge in [0.15, 0.2) is 0 Å². The monoisotopic (exact) mass is 279 g/mol. The second kappa shape index (κ2) is 5.25. The summed E-state index contributed by atoms with van der Waals surface area (Å²) in [5, 5.41) is 9.03. The van der Waals surface area contributed by atoms with Gasteiger partial charge in [0, 0.05) is 11.1 Å². The van der Waals surface area contributed by atoms with Crippen molar-refractivity contribution in [3.8, 4) is 0 Å². The van der Waals surface area contributed by atoms with Crippen LogP contribution in [0.15, 0.2) is 54.6 Å². The number of hydrogen-bond acceptors (Lipinski definition) is 2. The van der Waals surface area contributed by atoms with Gasteiger partial charge in [0.25, 0.3) is 5.91 Å². The van der Waals surface area contributed by atoms with Gasteiger partial charge in [-0.05, 0) is 17.7 Å². The lowest BCUT2D eigenvalue weighted by molar-refractivity contribution is -0.137. The van der Waals surface area contributed by atoms with E-state index < -0.39 is 5.97 Å². The Labute approximate surface area is 121 Å². The molecular weight excluding hydrogens is 266 g/mol. The zero-order valence-corrected chi connectivity index (χ0v) is 11.2. The normalized spacial score (nSPS) is 15.3. The quantitative estimate of drug-likeness (QED) is 0.939. The lowest BCUT2D eigenvalue weighted by atomic mass is 10.1. The Kier molecular flexibility index (Phi) is 3.28. The number of aliphatic carboxylic acids is 1. The summed E-state index contributed by atoms with van der Waals surface area (Å²) in [4.78, 5) is 24.7. The maximum absolute atomic E-state index is 12.4. The van der Waals surface area contributed by atoms with Gasteiger partial charge in [0.2, 0.25) is 0 Å². The third-order valence-corrected chi connectivity index (χ3v) is 3.37. The first-order valence-corrected chi connectivity index (χ1v) is 6.56. The molecule has 0 saturated heterocycles. The summed E-state index contributed by atoms with van der Waals surface area (Å²) in [7, 11) is 0. The lowest BCUT2D eigenvalue weighted by Crippen LogP contribution is -2.29. The number of carbonyl (C=O) groups is 2. The fraction of sp³-hybridized carbons (Fsp3) is 0.0588. The number of benzene rings is 2. The van der Waals surface area contributed by atoms with E-state index in [-0.39, 0.29) is 12.5 Å². The SMILES string of the molecule is O=C(O)CN1C(=O)c2ccccc2/C1=C\c1ccccc1. The molecule has 0 unspecified atom stereocenters. The molecule has 21 heavy (non-hydrogen) atoms. The van der Waals surface area contributed by atoms with Crippen LogP contribution in [0.3, 0.4) is 0 Å². The van der Waals surface area contributed by atoms with Crippen molar-refractivity contribution in [2.24, 2.45) is 0 Å². The highest BCUT2D eigenvalue weighted by atomic mass is 16.4. The van der Waals surface area contributed by atoms with Crippen LogP contribution in [0.25, 0.3) is 11.8 Å². The smallest absolute Gasteiger partial charge is 0.323 e. The van der Waals surface area contributed by atoms with Gasteiger partial charge in [-0.3, -0.25) is 14.5 Å². The molecule has 2 aromatic rings. The van der Waals surface area contributed by atoms with E-state index >= 15 is 0 Å². The van der Waals surface area contributed by atoms with Crippen LogP contribution in [0, 0.1) is 0 Å². The van der Waals surface area contributed by atoms with Crippen molar-refractivity contribution in [2.75, 3.05) is 6.54 Å². The molecule has 0 spiro atoms. The Bertz CT molecular complexity index is 735. The van der Waals surface area contributed by atoms with Crippen LogP contribution in [0.1, 0.15) is 21.5 Å². The molecule has 0 saturated carbocycles. The minimum absolute atomic E-state index is 0.268. The molecule has 1 amide bonds. The van der Waals surface area contributed by atoms with E-state index in [0.29, 0.717) is 11.3 Å². The van der Waals surface area contributed by atoms with Gasteiger partial charge in [0.1, 0.15) is 6.54 Å². The number of hydrogen-bond donors (Lipinski definition) is 1. The number of rotatable bonds is 3. The van der Waals surface area contributed by atoms with E-state index in [0.717, 1.165) is 11.1 Å². The third kappa shape index (κ3) is 2.43. The molecule has 4 nitrogen and oxygen atoms in total. The number of carbonyl (C=O) groups excluding carboxylic acids is 1. The van der Waals surface area contributed by atoms with Crippen LogP contribution in [0.2, 0.25) is 0 Å². The number of carboxylic acids is 1. The lowest BCUT2D eigenvalue weighted by Gasteiger charge is -2.15. The summed E-state index contributed by atoms with van der Waals surface area (Å²) in [6, 6.07) is 16.7. The van der Waals surface area contributed by atoms with E-state index in [9.17, 15) is 9.59 Å². The minimum Gasteiger partial charge on any atom is -0.480 e. The van der Waals surface area contributed by atoms with Crippen molar-refractivity contribution in [1.29, 1.82) is 0 Å². The van der Waals surface area contributed by atoms with Crippen molar-refractivity contribution in [3.63, 3.8) is 0 Å². The van der Waals surface area contributed by atoms with Crippen LogP contribution in [0.4, 0.5) is 0 Å². The molecule has 4 heteroatoms. The molecule has 0 bridgehead atoms. The Morgan fingerprint density at radius 1 is 1.00 bits per heavy atom. The second-order valence-electron chi connectivity index (χ2n) is 4.77. The largest absolute Gasteiger partial charge is 0.480 e. The highest BCUT2D eigenvalue weighted by molar-refractivity contribution is 6.12. The fourth-order valence-corrected chi connectivity index (χ4v) is 2.45. The minimum atomic E-state index is -1.03. The fourth-order valence-electron chi connectivity index (χ4n) is 2.45. The summed E-state index contributed by atoms with van der Waals surface area (Å²) >= 11 is 0. The first kappa shape index (κ1) is 13.1. The average Bonchev–Trinajstić information content (AvgIpc) is 2.74. The average molecular weight is 279 g/mol. The Balaban J connectivity index is 2.12. The summed E-state index contributed by atoms with van der Waals surface area (Å²) in [5.41, 5.74) is 2.87. The number of amides is 1. The molecule has 2 aromatic carbocycles. The molecule has 0 fully saturated rings. The molecule has 0 radical (unpaired) electrons. The molecule has 1 N–H and O–H groups in total. The van der Waals surface area contributed by atoms with E-state index in [1.54, 1.807) is 12.1 Å². The maximum Gasteiger partial charge on any atom is 0.323 e. The predicted octanol–water partition coefficient (Wildman–Crippen LogP) is 2.73. The van der Waals surface area contributed by atoms with Gasteiger partial charge in [-0.1, -0.05) is 48.5 Å². The molecule has 0 aliphatic carbocycles. The van der Waals surface area contributed by atoms with E-state index in [4.69, 9.17) is 5.11 Å². The predicted molar refractivity (Wildman–Crippen MR) is 79.4 cm³/mol. The third-order valence-electron chi connectivity index (χ3n) is 3.37. The van der Waals surface area contributed by atoms with Gasteiger partial charge in [0.05, 0.1) is 5.70 Å². The molecule has 104 valence electrons. The van der Waals surface area contributed by atoms with E-state index in [1.807, 2.05) is 48.5 Å². The van der Waals surface area contributed by atoms with E-state index in [1.165, 1.54) is 4.90 Å². The second-order valence-corrected chi connectivity index (χ2v) is 4.77. The van der Waals surface area contributed by atoms with Gasteiger partial charge >= 0.3 is 5.97 Å². The van der Waals surface area contributed by atoms with Crippen LogP contribution in [-0.4, -0.2) is 28.4 Å². The molecule has 1 aliphatic rings. The van der Waals surface area contributed by atoms with Crippen molar-refractivity contribution in [2.45, 2.75) is 0 Å². The summed E-state index contributed by atoms with van der Waals surface area (Å²) in [5.74, 6) is -1.30. The first-order valence-electron chi connectivity index (χ1n) is 6.56. The first-order chi connectivity index (χ1) is 10.2. The van der Waals surface area contributed by atoms with Crippen LogP contribution in [0.5, 0.6) is 0 Å². The van der Waals surface area contributed by atoms with Gasteiger partial charge in [-0.2, -0.15) is 0 Å². The van der Waals surface area contributed by atoms with Crippen LogP contribution >= 0.6 is 0 Å². The van der Waals surface area contributed by atoms with Crippen molar-refractivity contribution in [3.05, 3.63) is 71.3 Å². The van der Waals surface area contributed by atoms with Gasteiger partial charge in [-0.25, -0.2) is 0 Å². The van der Waals surface area contributed by atoms with Gasteiger partial charge < -0.3 is 5.11 Å². The zero-order chi connectivity index (χ0) is 14.8. The number of carboxylic acid groups (broad SMARTS) is 1. The highest BCUT2D eigenvalue weighted by Gasteiger charge is 2.32. The number of fused-ring (bicyclic) bond motifs is 1. The molecular formula is C17H13NO3. The summed E-state index contributed by atoms with van der Waals surface area (Å²) < 4.78 is 0. The van der Waals surface area contributed by atoms with Crippen molar-refractivity contribution >= 4 is 23.6 Å². The Morgan fingerprint density at radius 3 is 2.29 bits per heavy atom. The maximum atomic E-state index is 12.4. The molecule has 3 rings (SSSR count). The molecule has 1 heterocycles. The summed E-state index contributed by atoms with van der Waals surface area (Å²) in [6.45, 7) is -0.341. The number of nitrogens with zero attached hydrogens (tertiary/aromatic N) is 1. The van der Waals surface area contributed by atoms with E-state index in [2.05, 4.69) is 0 Å². The highest BCUT2D eigenvalue weighted by Crippen LogP contribution is 2.33. The van der Waals surface area contributed by atoms with Crippen molar-refractivity contribution in [1.82, 2.24) is 4.90 Å². The molecule has 1 aliphatic heterocycles. The zero-order valence-electron chi connectivity index (χ0n) is 11.2. The Morgan fingerprint density at radius 2 is 1.62 bits per heavy atom. The Hall–Kier alpha value is -2.88. The van der Waals surface area contributed by atoms with Crippen molar-refractivity contribution < 1.29 is 14.7 Å². The topological polar surface area (TPSA) is 57.6 Å². The molecule has 0 atom stereocenters. The molecule has 0 aromatic heterocycles. The van der Waals surface area contributed by atoms with Crippen LogP contribution in [-0.2, 0) is 4.79 Å². The van der Waals surface area contributed by atoms with Crippen LogP contribution < -0.4 is 0 Å². The van der Waals surface area contributed by atoms with Gasteiger partial charge in [-0.15, -0.1) is 0 Å². The standard InChI is InChI=1S/C17H13NO3/c19-16(20)11-18-15(10-12-6-2-1-3-7-12)13-8-4-5-9-14(13)17(18)21/h1-10H,11H2,(H,19,20)/b15-10+. The summed E-state index contributed by atoms with van der Waals surface area (Å²) in [6.07, 6.45) is 1.84.